The van der Waals surface area contributed by atoms with Crippen LogP contribution < -0.4 is 16.4 Å². The van der Waals surface area contributed by atoms with Crippen LogP contribution in [0.25, 0.3) is 11.1 Å². The van der Waals surface area contributed by atoms with E-state index in [0.717, 1.165) is 16.7 Å². The Balaban J connectivity index is 0.000000266. The molecule has 2 aromatic heterocycles. The van der Waals surface area contributed by atoms with Crippen molar-refractivity contribution in [2.24, 2.45) is 0 Å². The minimum Gasteiger partial charge on any atom is -0.384 e. The Labute approximate surface area is 214 Å². The van der Waals surface area contributed by atoms with E-state index in [9.17, 15) is 13.6 Å². The maximum atomic E-state index is 14.4. The number of nitriles is 1. The summed E-state index contributed by atoms with van der Waals surface area (Å²) in [6.45, 7) is 4.13. The van der Waals surface area contributed by atoms with E-state index in [1.165, 1.54) is 24.4 Å². The van der Waals surface area contributed by atoms with Gasteiger partial charge in [0, 0.05) is 30.1 Å². The van der Waals surface area contributed by atoms with Crippen LogP contribution in [0.5, 0.6) is 0 Å². The summed E-state index contributed by atoms with van der Waals surface area (Å²) < 4.78 is 26.8. The van der Waals surface area contributed by atoms with Crippen LogP contribution >= 0.6 is 0 Å². The molecule has 4 rings (SSSR count). The first-order valence-corrected chi connectivity index (χ1v) is 11.4. The summed E-state index contributed by atoms with van der Waals surface area (Å²) >= 11 is 0. The van der Waals surface area contributed by atoms with Gasteiger partial charge in [0.05, 0.1) is 11.6 Å². The first kappa shape index (κ1) is 26.8. The van der Waals surface area contributed by atoms with Gasteiger partial charge in [-0.15, -0.1) is 0 Å². The minimum atomic E-state index is -0.324. The van der Waals surface area contributed by atoms with E-state index in [1.807, 2.05) is 26.0 Å². The van der Waals surface area contributed by atoms with Crippen molar-refractivity contribution in [2.45, 2.75) is 26.4 Å². The van der Waals surface area contributed by atoms with Gasteiger partial charge in [-0.1, -0.05) is 24.3 Å². The van der Waals surface area contributed by atoms with Crippen molar-refractivity contribution in [1.29, 1.82) is 5.26 Å². The number of carbonyl (C=O) groups excluding carboxylic acids is 1. The number of hydrogen-bond acceptors (Lipinski definition) is 6. The average Bonchev–Trinajstić information content (AvgIpc) is 2.89. The zero-order valence-electron chi connectivity index (χ0n) is 20.4. The number of hydrogen-bond donors (Lipinski definition) is 3. The van der Waals surface area contributed by atoms with Gasteiger partial charge < -0.3 is 16.4 Å². The zero-order valence-corrected chi connectivity index (χ0v) is 20.4. The molecule has 4 aromatic rings. The number of benzene rings is 2. The van der Waals surface area contributed by atoms with Gasteiger partial charge >= 0.3 is 0 Å². The lowest BCUT2D eigenvalue weighted by Gasteiger charge is -2.10. The molecule has 0 saturated heterocycles. The number of nitrogen functional groups attached to an aromatic ring is 1. The standard InChI is InChI=1S/C19H16FN5.C9H10FNO/c1-12-6-14(8-21)10-25-19(12)24-9-13-2-4-16(17(20)7-13)15-3-5-18(22)23-11-15;1-7(11-6-12)8-2-4-9(10)5-3-8/h2-7,10-11H,9H2,1H3,(H2,22,23)(H,24,25);2-7H,1H3,(H,11,12)/t;7-/m.0/s1. The number of aromatic nitrogens is 2. The van der Waals surface area contributed by atoms with E-state index in [1.54, 1.807) is 42.6 Å². The predicted octanol–water partition coefficient (Wildman–Crippen LogP) is 5.29. The molecule has 188 valence electrons. The number of nitrogens with two attached hydrogens (primary N) is 1. The van der Waals surface area contributed by atoms with Crippen LogP contribution in [0.15, 0.2) is 73.1 Å². The number of halogens is 2. The van der Waals surface area contributed by atoms with E-state index < -0.39 is 0 Å². The minimum absolute atomic E-state index is 0.0666. The largest absolute Gasteiger partial charge is 0.384 e. The van der Waals surface area contributed by atoms with E-state index in [0.29, 0.717) is 41.3 Å². The fourth-order valence-electron chi connectivity index (χ4n) is 3.42. The van der Waals surface area contributed by atoms with Crippen molar-refractivity contribution >= 4 is 18.0 Å². The van der Waals surface area contributed by atoms with Crippen molar-refractivity contribution in [1.82, 2.24) is 15.3 Å². The zero-order chi connectivity index (χ0) is 26.8. The molecule has 0 aliphatic heterocycles. The van der Waals surface area contributed by atoms with E-state index >= 15 is 0 Å². The third-order valence-electron chi connectivity index (χ3n) is 5.49. The third-order valence-corrected chi connectivity index (χ3v) is 5.49. The lowest BCUT2D eigenvalue weighted by Crippen LogP contribution is -2.15. The highest BCUT2D eigenvalue weighted by Crippen LogP contribution is 2.24. The summed E-state index contributed by atoms with van der Waals surface area (Å²) in [6.07, 6.45) is 3.69. The highest BCUT2D eigenvalue weighted by molar-refractivity contribution is 5.64. The Kier molecular flexibility index (Phi) is 9.22. The number of carbonyl (C=O) groups is 1. The number of rotatable bonds is 7. The molecule has 0 saturated carbocycles. The normalized spacial score (nSPS) is 10.9. The lowest BCUT2D eigenvalue weighted by molar-refractivity contribution is -0.110. The van der Waals surface area contributed by atoms with Crippen LogP contribution in [0.3, 0.4) is 0 Å². The molecule has 2 heterocycles. The molecule has 0 fully saturated rings. The molecule has 1 atom stereocenters. The number of nitrogens with one attached hydrogen (secondary N) is 2. The monoisotopic (exact) mass is 500 g/mol. The topological polar surface area (TPSA) is 117 Å². The Morgan fingerprint density at radius 2 is 1.81 bits per heavy atom. The maximum absolute atomic E-state index is 14.4. The Hall–Kier alpha value is -4.84. The molecule has 1 amide bonds. The molecule has 2 aromatic carbocycles. The SMILES string of the molecule is C[C@H](NC=O)c1ccc(F)cc1.Cc1cc(C#N)cnc1NCc1ccc(-c2ccc(N)nc2)c(F)c1. The van der Waals surface area contributed by atoms with Gasteiger partial charge in [-0.05, 0) is 66.9 Å². The second kappa shape index (κ2) is 12.7. The number of pyridine rings is 2. The van der Waals surface area contributed by atoms with Crippen LogP contribution in [0.1, 0.15) is 35.2 Å². The summed E-state index contributed by atoms with van der Waals surface area (Å²) in [6, 6.07) is 18.2. The average molecular weight is 501 g/mol. The van der Waals surface area contributed by atoms with Gasteiger partial charge in [-0.3, -0.25) is 4.79 Å². The third kappa shape index (κ3) is 7.57. The van der Waals surface area contributed by atoms with Crippen LogP contribution in [0, 0.1) is 29.9 Å². The molecule has 0 aliphatic carbocycles. The summed E-state index contributed by atoms with van der Waals surface area (Å²) in [5, 5.41) is 14.6. The van der Waals surface area contributed by atoms with Crippen molar-refractivity contribution in [3.8, 4) is 17.2 Å². The molecule has 0 radical (unpaired) electrons. The molecule has 0 bridgehead atoms. The summed E-state index contributed by atoms with van der Waals surface area (Å²) in [5.41, 5.74) is 9.76. The smallest absolute Gasteiger partial charge is 0.207 e. The number of nitrogens with zero attached hydrogens (tertiary/aromatic N) is 3. The quantitative estimate of drug-likeness (QED) is 0.297. The summed E-state index contributed by atoms with van der Waals surface area (Å²) in [4.78, 5) is 18.3. The Bertz CT molecular complexity index is 1390. The number of amides is 1. The fraction of sp³-hybridized carbons (Fsp3) is 0.143. The van der Waals surface area contributed by atoms with E-state index in [2.05, 4.69) is 20.6 Å². The second-order valence-electron chi connectivity index (χ2n) is 8.20. The molecule has 0 unspecified atom stereocenters. The van der Waals surface area contributed by atoms with Gasteiger partial charge in [0.2, 0.25) is 6.41 Å². The number of aryl methyl sites for hydroxylation is 1. The summed E-state index contributed by atoms with van der Waals surface area (Å²) in [5.74, 6) is 0.480. The fourth-order valence-corrected chi connectivity index (χ4v) is 3.42. The maximum Gasteiger partial charge on any atom is 0.207 e. The van der Waals surface area contributed by atoms with Gasteiger partial charge in [0.25, 0.3) is 0 Å². The van der Waals surface area contributed by atoms with Crippen molar-refractivity contribution in [2.75, 3.05) is 11.1 Å². The Morgan fingerprint density at radius 1 is 1.05 bits per heavy atom. The molecule has 0 spiro atoms. The van der Waals surface area contributed by atoms with Crippen molar-refractivity contribution in [3.05, 3.63) is 107 Å². The second-order valence-corrected chi connectivity index (χ2v) is 8.20. The van der Waals surface area contributed by atoms with E-state index in [-0.39, 0.29) is 17.7 Å². The molecular formula is C28H26F2N6O. The van der Waals surface area contributed by atoms with E-state index in [4.69, 9.17) is 11.0 Å². The van der Waals surface area contributed by atoms with Crippen molar-refractivity contribution in [3.63, 3.8) is 0 Å². The molecular weight excluding hydrogens is 474 g/mol. The summed E-state index contributed by atoms with van der Waals surface area (Å²) in [7, 11) is 0. The first-order chi connectivity index (χ1) is 17.8. The highest BCUT2D eigenvalue weighted by atomic mass is 19.1. The highest BCUT2D eigenvalue weighted by Gasteiger charge is 2.08. The van der Waals surface area contributed by atoms with Gasteiger partial charge in [0.15, 0.2) is 0 Å². The molecule has 9 heteroatoms. The van der Waals surface area contributed by atoms with Gasteiger partial charge in [-0.25, -0.2) is 18.7 Å². The molecule has 4 N–H and O–H groups in total. The lowest BCUT2D eigenvalue weighted by atomic mass is 10.0. The van der Waals surface area contributed by atoms with Crippen LogP contribution in [-0.4, -0.2) is 16.4 Å². The van der Waals surface area contributed by atoms with Gasteiger partial charge in [0.1, 0.15) is 29.3 Å². The van der Waals surface area contributed by atoms with Gasteiger partial charge in [-0.2, -0.15) is 5.26 Å². The van der Waals surface area contributed by atoms with Crippen LogP contribution in [0.2, 0.25) is 0 Å². The molecule has 7 nitrogen and oxygen atoms in total. The Morgan fingerprint density at radius 3 is 2.41 bits per heavy atom. The molecule has 0 aliphatic rings. The van der Waals surface area contributed by atoms with Crippen molar-refractivity contribution < 1.29 is 13.6 Å². The molecule has 37 heavy (non-hydrogen) atoms. The van der Waals surface area contributed by atoms with Crippen LogP contribution in [0.4, 0.5) is 20.4 Å². The van der Waals surface area contributed by atoms with Crippen LogP contribution in [-0.2, 0) is 11.3 Å². The first-order valence-electron chi connectivity index (χ1n) is 11.4. The predicted molar refractivity (Wildman–Crippen MR) is 139 cm³/mol. The number of anilines is 2.